The van der Waals surface area contributed by atoms with Crippen LogP contribution in [0.5, 0.6) is 0 Å². The normalized spacial score (nSPS) is 11.2. The third-order valence-electron chi connectivity index (χ3n) is 5.08. The lowest BCUT2D eigenvalue weighted by Gasteiger charge is -2.12. The van der Waals surface area contributed by atoms with E-state index in [-0.39, 0.29) is 42.5 Å². The summed E-state index contributed by atoms with van der Waals surface area (Å²) in [5.41, 5.74) is 16.4. The van der Waals surface area contributed by atoms with Crippen LogP contribution in [0.3, 0.4) is 0 Å². The molecular formula is C22H28Cl2N6O2. The van der Waals surface area contributed by atoms with Crippen LogP contribution < -0.4 is 16.8 Å². The van der Waals surface area contributed by atoms with Gasteiger partial charge in [0.1, 0.15) is 17.7 Å². The largest absolute Gasteiger partial charge is 0.468 e. The van der Waals surface area contributed by atoms with Crippen LogP contribution >= 0.6 is 24.8 Å². The van der Waals surface area contributed by atoms with E-state index in [0.29, 0.717) is 24.1 Å². The van der Waals surface area contributed by atoms with Crippen molar-refractivity contribution in [2.75, 3.05) is 13.7 Å². The molecule has 0 spiro atoms. The number of H-pyrrole nitrogens is 1. The summed E-state index contributed by atoms with van der Waals surface area (Å²) in [6, 6.07) is 12.7. The zero-order valence-corrected chi connectivity index (χ0v) is 19.5. The van der Waals surface area contributed by atoms with Gasteiger partial charge in [0.25, 0.3) is 0 Å². The molecular weight excluding hydrogens is 451 g/mol. The number of carbonyl (C=O) groups is 1. The lowest BCUT2D eigenvalue weighted by Crippen LogP contribution is -2.36. The molecule has 1 atom stereocenters. The molecule has 172 valence electrons. The van der Waals surface area contributed by atoms with Crippen LogP contribution in [-0.4, -0.2) is 42.3 Å². The number of aromatic nitrogens is 1. The van der Waals surface area contributed by atoms with Gasteiger partial charge in [0, 0.05) is 34.3 Å². The van der Waals surface area contributed by atoms with E-state index in [1.165, 1.54) is 7.11 Å². The molecule has 3 aromatic rings. The summed E-state index contributed by atoms with van der Waals surface area (Å²) in [7, 11) is 1.37. The van der Waals surface area contributed by atoms with Crippen molar-refractivity contribution in [3.05, 3.63) is 59.2 Å². The zero-order valence-electron chi connectivity index (χ0n) is 17.8. The summed E-state index contributed by atoms with van der Waals surface area (Å²) in [6.45, 7) is 2.35. The number of ether oxygens (including phenoxy) is 1. The van der Waals surface area contributed by atoms with E-state index in [9.17, 15) is 4.79 Å². The number of hydrogen-bond donors (Lipinski definition) is 6. The molecule has 3 rings (SSSR count). The lowest BCUT2D eigenvalue weighted by molar-refractivity contribution is -0.142. The molecule has 10 heteroatoms. The van der Waals surface area contributed by atoms with Crippen molar-refractivity contribution in [1.29, 1.82) is 10.8 Å². The Bertz CT molecular complexity index is 1110. The first-order valence-electron chi connectivity index (χ1n) is 9.57. The second-order valence-electron chi connectivity index (χ2n) is 7.09. The Balaban J connectivity index is 0.00000256. The summed E-state index contributed by atoms with van der Waals surface area (Å²) < 4.78 is 4.76. The lowest BCUT2D eigenvalue weighted by atomic mass is 10.0. The maximum atomic E-state index is 11.6. The molecule has 0 fully saturated rings. The Morgan fingerprint density at radius 3 is 2.22 bits per heavy atom. The highest BCUT2D eigenvalue weighted by Gasteiger charge is 2.16. The first-order chi connectivity index (χ1) is 14.3. The van der Waals surface area contributed by atoms with Gasteiger partial charge in [-0.25, -0.2) is 0 Å². The second kappa shape index (κ2) is 11.5. The molecule has 0 aliphatic heterocycles. The van der Waals surface area contributed by atoms with Crippen LogP contribution in [0.1, 0.15) is 23.6 Å². The van der Waals surface area contributed by atoms with E-state index in [2.05, 4.69) is 10.3 Å². The predicted octanol–water partition coefficient (Wildman–Crippen LogP) is 2.94. The zero-order chi connectivity index (χ0) is 21.8. The van der Waals surface area contributed by atoms with E-state index in [1.807, 2.05) is 42.5 Å². The van der Waals surface area contributed by atoms with Crippen molar-refractivity contribution in [3.8, 4) is 11.3 Å². The van der Waals surface area contributed by atoms with E-state index >= 15 is 0 Å². The van der Waals surface area contributed by atoms with Crippen molar-refractivity contribution in [1.82, 2.24) is 10.3 Å². The Kier molecular flexibility index (Phi) is 9.71. The van der Waals surface area contributed by atoms with Gasteiger partial charge < -0.3 is 26.5 Å². The highest BCUT2D eigenvalue weighted by molar-refractivity contribution is 6.01. The maximum Gasteiger partial charge on any atom is 0.322 e. The molecule has 0 saturated heterocycles. The van der Waals surface area contributed by atoms with Crippen LogP contribution in [0.4, 0.5) is 0 Å². The molecule has 8 nitrogen and oxygen atoms in total. The molecule has 0 aliphatic rings. The number of halogens is 2. The second-order valence-corrected chi connectivity index (χ2v) is 7.09. The number of benzene rings is 2. The van der Waals surface area contributed by atoms with E-state index in [4.69, 9.17) is 27.0 Å². The van der Waals surface area contributed by atoms with Crippen molar-refractivity contribution < 1.29 is 9.53 Å². The highest BCUT2D eigenvalue weighted by Crippen LogP contribution is 2.31. The number of nitrogen functional groups attached to an aromatic ring is 2. The molecule has 0 radical (unpaired) electrons. The Labute approximate surface area is 198 Å². The first-order valence-corrected chi connectivity index (χ1v) is 9.57. The number of carbonyl (C=O) groups excluding carboxylic acids is 1. The van der Waals surface area contributed by atoms with Crippen LogP contribution in [0.2, 0.25) is 0 Å². The summed E-state index contributed by atoms with van der Waals surface area (Å²) in [5.74, 6) is -0.278. The third-order valence-corrected chi connectivity index (χ3v) is 5.08. The standard InChI is InChI=1S/C22H26N6O2.2ClH/c1-12(22(29)30-2)27-10-9-17-16-8-7-15(21(25)26)11-18(16)28-19(17)13-3-5-14(6-4-13)20(23)24;;/h3-8,11-12,27-28H,9-10H2,1-2H3,(H3,23,24)(H3,25,26);2*1H. The molecule has 0 aliphatic carbocycles. The van der Waals surface area contributed by atoms with Gasteiger partial charge in [-0.2, -0.15) is 0 Å². The number of rotatable bonds is 8. The fourth-order valence-corrected chi connectivity index (χ4v) is 3.42. The summed E-state index contributed by atoms with van der Waals surface area (Å²) in [6.07, 6.45) is 0.671. The molecule has 1 aromatic heterocycles. The monoisotopic (exact) mass is 478 g/mol. The molecule has 8 N–H and O–H groups in total. The minimum atomic E-state index is -0.400. The van der Waals surface area contributed by atoms with Gasteiger partial charge in [-0.05, 0) is 30.5 Å². The van der Waals surface area contributed by atoms with Gasteiger partial charge in [-0.1, -0.05) is 36.4 Å². The number of amidine groups is 2. The highest BCUT2D eigenvalue weighted by atomic mass is 35.5. The van der Waals surface area contributed by atoms with Crippen molar-refractivity contribution >= 4 is 53.4 Å². The number of hydrogen-bond acceptors (Lipinski definition) is 5. The quantitative estimate of drug-likeness (QED) is 0.167. The average Bonchev–Trinajstić information content (AvgIpc) is 3.10. The van der Waals surface area contributed by atoms with Gasteiger partial charge >= 0.3 is 5.97 Å². The van der Waals surface area contributed by atoms with Gasteiger partial charge in [0.05, 0.1) is 7.11 Å². The number of nitrogens with two attached hydrogens (primary N) is 2. The minimum absolute atomic E-state index is 0. The molecule has 0 saturated carbocycles. The van der Waals surface area contributed by atoms with Crippen LogP contribution in [0.25, 0.3) is 22.2 Å². The number of aromatic amines is 1. The number of fused-ring (bicyclic) bond motifs is 1. The Morgan fingerprint density at radius 2 is 1.66 bits per heavy atom. The van der Waals surface area contributed by atoms with Gasteiger partial charge in [-0.15, -0.1) is 24.8 Å². The van der Waals surface area contributed by atoms with E-state index in [0.717, 1.165) is 27.7 Å². The topological polar surface area (TPSA) is 154 Å². The Hall–Kier alpha value is -3.07. The van der Waals surface area contributed by atoms with Crippen LogP contribution in [0.15, 0.2) is 42.5 Å². The van der Waals surface area contributed by atoms with Gasteiger partial charge in [-0.3, -0.25) is 15.6 Å². The van der Waals surface area contributed by atoms with Crippen molar-refractivity contribution in [2.24, 2.45) is 11.5 Å². The van der Waals surface area contributed by atoms with E-state index < -0.39 is 6.04 Å². The first kappa shape index (κ1) is 27.0. The predicted molar refractivity (Wildman–Crippen MR) is 133 cm³/mol. The van der Waals surface area contributed by atoms with E-state index in [1.54, 1.807) is 6.92 Å². The smallest absolute Gasteiger partial charge is 0.322 e. The van der Waals surface area contributed by atoms with Gasteiger partial charge in [0.2, 0.25) is 0 Å². The van der Waals surface area contributed by atoms with Gasteiger partial charge in [0.15, 0.2) is 0 Å². The Morgan fingerprint density at radius 1 is 1.06 bits per heavy atom. The van der Waals surface area contributed by atoms with Crippen LogP contribution in [0, 0.1) is 10.8 Å². The molecule has 1 heterocycles. The average molecular weight is 479 g/mol. The van der Waals surface area contributed by atoms with Crippen LogP contribution in [-0.2, 0) is 16.0 Å². The molecule has 0 amide bonds. The summed E-state index contributed by atoms with van der Waals surface area (Å²) >= 11 is 0. The minimum Gasteiger partial charge on any atom is -0.468 e. The third kappa shape index (κ3) is 5.79. The van der Waals surface area contributed by atoms with Crippen molar-refractivity contribution in [3.63, 3.8) is 0 Å². The van der Waals surface area contributed by atoms with Crippen molar-refractivity contribution in [2.45, 2.75) is 19.4 Å². The molecule has 2 aromatic carbocycles. The fraction of sp³-hybridized carbons (Fsp3) is 0.227. The number of nitrogens with one attached hydrogen (secondary N) is 4. The SMILES string of the molecule is COC(=O)C(C)NCCc1c(-c2ccc(C(=N)N)cc2)[nH]c2cc(C(=N)N)ccc12.Cl.Cl. The number of methoxy groups -OCH3 is 1. The number of esters is 1. The summed E-state index contributed by atoms with van der Waals surface area (Å²) in [5, 5.41) is 19.5. The fourth-order valence-electron chi connectivity index (χ4n) is 3.42. The maximum absolute atomic E-state index is 11.6. The summed E-state index contributed by atoms with van der Waals surface area (Å²) in [4.78, 5) is 15.1. The molecule has 0 bridgehead atoms. The molecule has 32 heavy (non-hydrogen) atoms. The molecule has 1 unspecified atom stereocenters.